The topological polar surface area (TPSA) is 61.0 Å². The fourth-order valence-electron chi connectivity index (χ4n) is 2.29. The number of aromatic nitrogens is 2. The lowest BCUT2D eigenvalue weighted by molar-refractivity contribution is -0.385. The number of hydrogen-bond acceptors (Lipinski definition) is 3. The first kappa shape index (κ1) is 13.1. The van der Waals surface area contributed by atoms with Gasteiger partial charge in [0.25, 0.3) is 5.69 Å². The van der Waals surface area contributed by atoms with Gasteiger partial charge in [0, 0.05) is 29.6 Å². The standard InChI is InChI=1S/C16H13N3O2/c20-19(21)15-9-5-4-8-14(15)12-18-11-10-17-16(18)13-6-2-1-3-7-13/h1-11H,12H2. The summed E-state index contributed by atoms with van der Waals surface area (Å²) in [5, 5.41) is 11.1. The van der Waals surface area contributed by atoms with Gasteiger partial charge in [0.2, 0.25) is 0 Å². The zero-order valence-corrected chi connectivity index (χ0v) is 11.2. The highest BCUT2D eigenvalue weighted by molar-refractivity contribution is 5.55. The number of benzene rings is 2. The molecule has 0 amide bonds. The minimum absolute atomic E-state index is 0.130. The number of rotatable bonds is 4. The van der Waals surface area contributed by atoms with Gasteiger partial charge in [-0.2, -0.15) is 0 Å². The van der Waals surface area contributed by atoms with E-state index in [9.17, 15) is 10.1 Å². The van der Waals surface area contributed by atoms with Gasteiger partial charge in [-0.05, 0) is 0 Å². The van der Waals surface area contributed by atoms with Crippen molar-refractivity contribution in [3.63, 3.8) is 0 Å². The molecule has 0 fully saturated rings. The number of nitrogens with zero attached hydrogens (tertiary/aromatic N) is 3. The van der Waals surface area contributed by atoms with Crippen LogP contribution in [0, 0.1) is 10.1 Å². The Bertz CT molecular complexity index is 766. The van der Waals surface area contributed by atoms with Crippen molar-refractivity contribution in [2.45, 2.75) is 6.54 Å². The van der Waals surface area contributed by atoms with Crippen molar-refractivity contribution in [3.8, 4) is 11.4 Å². The Hall–Kier alpha value is -2.95. The monoisotopic (exact) mass is 279 g/mol. The molecule has 0 N–H and O–H groups in total. The van der Waals surface area contributed by atoms with E-state index in [0.29, 0.717) is 12.1 Å². The lowest BCUT2D eigenvalue weighted by Crippen LogP contribution is -2.04. The molecule has 104 valence electrons. The van der Waals surface area contributed by atoms with Gasteiger partial charge in [-0.1, -0.05) is 48.5 Å². The van der Waals surface area contributed by atoms with Crippen molar-refractivity contribution < 1.29 is 4.92 Å². The third kappa shape index (κ3) is 2.67. The summed E-state index contributed by atoms with van der Waals surface area (Å²) in [6.07, 6.45) is 3.54. The van der Waals surface area contributed by atoms with Crippen molar-refractivity contribution in [2.75, 3.05) is 0 Å². The predicted molar refractivity (Wildman–Crippen MR) is 79.9 cm³/mol. The van der Waals surface area contributed by atoms with Gasteiger partial charge in [-0.15, -0.1) is 0 Å². The van der Waals surface area contributed by atoms with Crippen molar-refractivity contribution in [1.82, 2.24) is 9.55 Å². The van der Waals surface area contributed by atoms with E-state index in [-0.39, 0.29) is 10.6 Å². The van der Waals surface area contributed by atoms with Gasteiger partial charge in [0.05, 0.1) is 11.5 Å². The number of para-hydroxylation sites is 1. The van der Waals surface area contributed by atoms with Crippen LogP contribution in [0.15, 0.2) is 67.0 Å². The second-order valence-electron chi connectivity index (χ2n) is 4.63. The van der Waals surface area contributed by atoms with Gasteiger partial charge in [0.1, 0.15) is 5.82 Å². The average Bonchev–Trinajstić information content (AvgIpc) is 2.96. The highest BCUT2D eigenvalue weighted by Crippen LogP contribution is 2.22. The zero-order chi connectivity index (χ0) is 14.7. The van der Waals surface area contributed by atoms with Crippen LogP contribution in [0.4, 0.5) is 5.69 Å². The Morgan fingerprint density at radius 3 is 2.52 bits per heavy atom. The van der Waals surface area contributed by atoms with Crippen LogP contribution in [0.1, 0.15) is 5.56 Å². The molecule has 0 spiro atoms. The maximum absolute atomic E-state index is 11.1. The SMILES string of the molecule is O=[N+]([O-])c1ccccc1Cn1ccnc1-c1ccccc1. The summed E-state index contributed by atoms with van der Waals surface area (Å²) in [6.45, 7) is 0.418. The average molecular weight is 279 g/mol. The van der Waals surface area contributed by atoms with Gasteiger partial charge in [0.15, 0.2) is 0 Å². The molecule has 5 nitrogen and oxygen atoms in total. The second kappa shape index (κ2) is 5.58. The first-order chi connectivity index (χ1) is 10.3. The lowest BCUT2D eigenvalue weighted by atomic mass is 10.1. The molecule has 1 aromatic heterocycles. The van der Waals surface area contributed by atoms with E-state index in [1.54, 1.807) is 24.4 Å². The summed E-state index contributed by atoms with van der Waals surface area (Å²) in [5.74, 6) is 0.800. The normalized spacial score (nSPS) is 10.5. The summed E-state index contributed by atoms with van der Waals surface area (Å²) >= 11 is 0. The molecule has 0 atom stereocenters. The largest absolute Gasteiger partial charge is 0.326 e. The van der Waals surface area contributed by atoms with E-state index >= 15 is 0 Å². The third-order valence-corrected chi connectivity index (χ3v) is 3.28. The zero-order valence-electron chi connectivity index (χ0n) is 11.2. The number of nitro groups is 1. The van der Waals surface area contributed by atoms with Crippen LogP contribution in [0.2, 0.25) is 0 Å². The van der Waals surface area contributed by atoms with Gasteiger partial charge in [-0.3, -0.25) is 10.1 Å². The second-order valence-corrected chi connectivity index (χ2v) is 4.63. The number of hydrogen-bond donors (Lipinski definition) is 0. The first-order valence-corrected chi connectivity index (χ1v) is 6.54. The quantitative estimate of drug-likeness (QED) is 0.542. The fraction of sp³-hybridized carbons (Fsp3) is 0.0625. The molecule has 0 saturated carbocycles. The molecular formula is C16H13N3O2. The van der Waals surface area contributed by atoms with Crippen LogP contribution in [0.25, 0.3) is 11.4 Å². The maximum Gasteiger partial charge on any atom is 0.274 e. The van der Waals surface area contributed by atoms with E-state index in [1.807, 2.05) is 41.1 Å². The highest BCUT2D eigenvalue weighted by atomic mass is 16.6. The maximum atomic E-state index is 11.1. The molecule has 0 bridgehead atoms. The molecule has 2 aromatic carbocycles. The minimum Gasteiger partial charge on any atom is -0.326 e. The Kier molecular flexibility index (Phi) is 3.47. The van der Waals surface area contributed by atoms with Gasteiger partial charge < -0.3 is 4.57 Å². The summed E-state index contributed by atoms with van der Waals surface area (Å²) in [6, 6.07) is 16.5. The summed E-state index contributed by atoms with van der Waals surface area (Å²) in [7, 11) is 0. The molecule has 3 aromatic rings. The van der Waals surface area contributed by atoms with E-state index < -0.39 is 0 Å². The van der Waals surface area contributed by atoms with E-state index in [0.717, 1.165) is 11.4 Å². The Morgan fingerprint density at radius 1 is 1.05 bits per heavy atom. The van der Waals surface area contributed by atoms with E-state index in [1.165, 1.54) is 6.07 Å². The summed E-state index contributed by atoms with van der Waals surface area (Å²) in [4.78, 5) is 15.1. The van der Waals surface area contributed by atoms with Crippen molar-refractivity contribution >= 4 is 5.69 Å². The van der Waals surface area contributed by atoms with E-state index in [4.69, 9.17) is 0 Å². The Morgan fingerprint density at radius 2 is 1.76 bits per heavy atom. The molecule has 0 saturated heterocycles. The van der Waals surface area contributed by atoms with Crippen molar-refractivity contribution in [3.05, 3.63) is 82.7 Å². The minimum atomic E-state index is -0.353. The van der Waals surface area contributed by atoms with Gasteiger partial charge in [-0.25, -0.2) is 4.98 Å². The van der Waals surface area contributed by atoms with Crippen LogP contribution < -0.4 is 0 Å². The fourth-order valence-corrected chi connectivity index (χ4v) is 2.29. The molecule has 21 heavy (non-hydrogen) atoms. The molecule has 5 heteroatoms. The molecule has 0 aliphatic heterocycles. The van der Waals surface area contributed by atoms with Gasteiger partial charge >= 0.3 is 0 Å². The summed E-state index contributed by atoms with van der Waals surface area (Å²) < 4.78 is 1.91. The Labute approximate surface area is 121 Å². The lowest BCUT2D eigenvalue weighted by Gasteiger charge is -2.08. The van der Waals surface area contributed by atoms with Crippen LogP contribution in [0.3, 0.4) is 0 Å². The summed E-state index contributed by atoms with van der Waals surface area (Å²) in [5.41, 5.74) is 1.78. The smallest absolute Gasteiger partial charge is 0.274 e. The van der Waals surface area contributed by atoms with Crippen LogP contribution >= 0.6 is 0 Å². The molecule has 1 heterocycles. The number of nitro benzene ring substituents is 1. The van der Waals surface area contributed by atoms with Crippen LogP contribution in [-0.4, -0.2) is 14.5 Å². The van der Waals surface area contributed by atoms with Crippen molar-refractivity contribution in [1.29, 1.82) is 0 Å². The molecule has 0 aliphatic carbocycles. The van der Waals surface area contributed by atoms with Crippen molar-refractivity contribution in [2.24, 2.45) is 0 Å². The Balaban J connectivity index is 1.98. The highest BCUT2D eigenvalue weighted by Gasteiger charge is 2.14. The van der Waals surface area contributed by atoms with E-state index in [2.05, 4.69) is 4.98 Å². The molecule has 3 rings (SSSR count). The molecule has 0 unspecified atom stereocenters. The number of imidazole rings is 1. The molecular weight excluding hydrogens is 266 g/mol. The predicted octanol–water partition coefficient (Wildman–Crippen LogP) is 3.51. The molecule has 0 radical (unpaired) electrons. The van der Waals surface area contributed by atoms with Crippen LogP contribution in [0.5, 0.6) is 0 Å². The first-order valence-electron chi connectivity index (χ1n) is 6.54. The van der Waals surface area contributed by atoms with Crippen LogP contribution in [-0.2, 0) is 6.54 Å². The molecule has 0 aliphatic rings. The third-order valence-electron chi connectivity index (χ3n) is 3.28.